The summed E-state index contributed by atoms with van der Waals surface area (Å²) in [6.45, 7) is 8.01. The molecular weight excluding hydrogens is 884 g/mol. The minimum Gasteiger partial charge on any atom is -0.463 e. The van der Waals surface area contributed by atoms with Crippen molar-refractivity contribution in [3.05, 3.63) is 0 Å². The molecule has 0 aromatic rings. The van der Waals surface area contributed by atoms with Gasteiger partial charge in [-0.2, -0.15) is 0 Å². The smallest absolute Gasteiger partial charge is 0.303 e. The van der Waals surface area contributed by atoms with Gasteiger partial charge >= 0.3 is 59.7 Å². The Morgan fingerprint density at radius 3 is 0.815 bits per heavy atom. The Kier molecular flexibility index (Phi) is 20.4. The summed E-state index contributed by atoms with van der Waals surface area (Å²) in [6, 6.07) is 0. The van der Waals surface area contributed by atoms with Gasteiger partial charge in [-0.1, -0.05) is 0 Å². The van der Waals surface area contributed by atoms with Gasteiger partial charge in [-0.05, 0) is 0 Å². The highest BCUT2D eigenvalue weighted by molar-refractivity contribution is 5.70. The van der Waals surface area contributed by atoms with E-state index in [1.54, 1.807) is 0 Å². The van der Waals surface area contributed by atoms with E-state index >= 15 is 0 Å². The Morgan fingerprint density at radius 2 is 0.538 bits per heavy atom. The molecule has 0 saturated carbocycles. The monoisotopic (exact) mass is 938 g/mol. The predicted octanol–water partition coefficient (Wildman–Crippen LogP) is -1.21. The van der Waals surface area contributed by atoms with Crippen molar-refractivity contribution in [2.45, 2.75) is 161 Å². The van der Waals surface area contributed by atoms with Gasteiger partial charge in [0.05, 0.1) is 0 Å². The van der Waals surface area contributed by atoms with Crippen molar-refractivity contribution in [2.75, 3.05) is 26.9 Å². The molecule has 0 bridgehead atoms. The van der Waals surface area contributed by atoms with E-state index in [-0.39, 0.29) is 0 Å². The number of hydrogen-bond acceptors (Lipinski definition) is 26. The van der Waals surface area contributed by atoms with Crippen LogP contribution in [0.1, 0.15) is 69.2 Å². The molecule has 26 heteroatoms. The number of esters is 10. The van der Waals surface area contributed by atoms with E-state index in [4.69, 9.17) is 75.8 Å². The maximum absolute atomic E-state index is 12.9. The van der Waals surface area contributed by atoms with E-state index in [9.17, 15) is 47.9 Å². The van der Waals surface area contributed by atoms with E-state index in [1.807, 2.05) is 0 Å². The van der Waals surface area contributed by atoms with Crippen molar-refractivity contribution >= 4 is 59.7 Å². The first kappa shape index (κ1) is 53.8. The fourth-order valence-electron chi connectivity index (χ4n) is 6.95. The molecular formula is C39H54O26. The molecule has 366 valence electrons. The van der Waals surface area contributed by atoms with Gasteiger partial charge in [-0.3, -0.25) is 47.9 Å². The van der Waals surface area contributed by atoms with Crippen LogP contribution in [-0.2, 0) is 124 Å². The van der Waals surface area contributed by atoms with Crippen molar-refractivity contribution in [1.29, 1.82) is 0 Å². The molecule has 3 rings (SSSR count). The molecule has 15 atom stereocenters. The molecule has 3 aliphatic rings. The van der Waals surface area contributed by atoms with Crippen LogP contribution in [0.5, 0.6) is 0 Å². The van der Waals surface area contributed by atoms with Crippen LogP contribution in [0, 0.1) is 0 Å². The van der Waals surface area contributed by atoms with E-state index in [1.165, 1.54) is 7.11 Å². The van der Waals surface area contributed by atoms with E-state index in [0.29, 0.717) is 0 Å². The maximum atomic E-state index is 12.9. The van der Waals surface area contributed by atoms with Crippen LogP contribution in [0.2, 0.25) is 0 Å². The molecule has 0 N–H and O–H groups in total. The minimum absolute atomic E-state index is 0.617. The highest BCUT2D eigenvalue weighted by atomic mass is 16.8. The molecule has 3 fully saturated rings. The van der Waals surface area contributed by atoms with E-state index < -0.39 is 172 Å². The Morgan fingerprint density at radius 1 is 0.308 bits per heavy atom. The Hall–Kier alpha value is -5.54. The van der Waals surface area contributed by atoms with Gasteiger partial charge in [0.2, 0.25) is 0 Å². The summed E-state index contributed by atoms with van der Waals surface area (Å²) >= 11 is 0. The number of carbonyl (C=O) groups is 10. The molecule has 0 amide bonds. The highest BCUT2D eigenvalue weighted by Gasteiger charge is 2.60. The van der Waals surface area contributed by atoms with E-state index in [2.05, 4.69) is 0 Å². The number of hydrogen-bond donors (Lipinski definition) is 0. The third-order valence-electron chi connectivity index (χ3n) is 9.06. The normalized spacial score (nSPS) is 32.0. The zero-order valence-corrected chi connectivity index (χ0v) is 37.4. The van der Waals surface area contributed by atoms with Gasteiger partial charge in [-0.15, -0.1) is 0 Å². The molecule has 65 heavy (non-hydrogen) atoms. The molecule has 0 aromatic heterocycles. The molecule has 26 nitrogen and oxygen atoms in total. The molecule has 3 heterocycles. The van der Waals surface area contributed by atoms with Crippen molar-refractivity contribution in [2.24, 2.45) is 0 Å². The summed E-state index contributed by atoms with van der Waals surface area (Å²) in [5, 5.41) is 0. The van der Waals surface area contributed by atoms with Gasteiger partial charge in [0, 0.05) is 76.3 Å². The second-order valence-corrected chi connectivity index (χ2v) is 14.5. The number of ether oxygens (including phenoxy) is 16. The molecule has 0 aromatic carbocycles. The maximum Gasteiger partial charge on any atom is 0.303 e. The summed E-state index contributed by atoms with van der Waals surface area (Å²) in [6.07, 6.45) is -25.9. The lowest BCUT2D eigenvalue weighted by molar-refractivity contribution is -0.379. The number of methoxy groups -OCH3 is 1. The van der Waals surface area contributed by atoms with Gasteiger partial charge < -0.3 is 75.8 Å². The van der Waals surface area contributed by atoms with Gasteiger partial charge in [0.15, 0.2) is 61.6 Å². The molecule has 0 radical (unpaired) electrons. The van der Waals surface area contributed by atoms with Crippen LogP contribution in [0.25, 0.3) is 0 Å². The molecule has 3 saturated heterocycles. The number of rotatable bonds is 18. The van der Waals surface area contributed by atoms with Crippen LogP contribution < -0.4 is 0 Å². The molecule has 3 aliphatic heterocycles. The van der Waals surface area contributed by atoms with Crippen LogP contribution in [0.4, 0.5) is 0 Å². The largest absolute Gasteiger partial charge is 0.463 e. The Balaban J connectivity index is 2.29. The second kappa shape index (κ2) is 24.7. The van der Waals surface area contributed by atoms with Gasteiger partial charge in [0.25, 0.3) is 0 Å². The van der Waals surface area contributed by atoms with Crippen LogP contribution >= 0.6 is 0 Å². The Labute approximate surface area is 371 Å². The van der Waals surface area contributed by atoms with Gasteiger partial charge in [-0.25, -0.2) is 0 Å². The standard InChI is InChI=1S/C39H54O26/c1-15(40)51-12-25-28(54-18(4)43)31(55-19(5)44)35(59-23(9)48)38(62-25)65-30-27(14-53-17(3)42)63-39(36(60-24(10)49)33(30)57-21(7)46)64-29-26(13-52-16(2)41)61-37(50-11)34(58-22(8)47)32(29)56-20(6)45/h25-39H,12-14H2,1-11H3/t25-,26-,27-,28-,29-,30-,31+,32+,33+,34-,35-,36-,37-,38+,39+/m1/s1. The van der Waals surface area contributed by atoms with E-state index in [0.717, 1.165) is 69.2 Å². The van der Waals surface area contributed by atoms with Gasteiger partial charge in [0.1, 0.15) is 50.3 Å². The minimum atomic E-state index is -1.98. The average molecular weight is 939 g/mol. The van der Waals surface area contributed by atoms with Crippen molar-refractivity contribution < 1.29 is 124 Å². The van der Waals surface area contributed by atoms with Crippen molar-refractivity contribution in [3.63, 3.8) is 0 Å². The highest BCUT2D eigenvalue weighted by Crippen LogP contribution is 2.38. The zero-order valence-electron chi connectivity index (χ0n) is 37.4. The predicted molar refractivity (Wildman–Crippen MR) is 202 cm³/mol. The van der Waals surface area contributed by atoms with Crippen LogP contribution in [0.15, 0.2) is 0 Å². The van der Waals surface area contributed by atoms with Crippen LogP contribution in [-0.4, -0.2) is 179 Å². The Bertz CT molecular complexity index is 1750. The first-order valence-electron chi connectivity index (χ1n) is 19.8. The third-order valence-corrected chi connectivity index (χ3v) is 9.06. The molecule has 0 aliphatic carbocycles. The van der Waals surface area contributed by atoms with Crippen molar-refractivity contribution in [1.82, 2.24) is 0 Å². The average Bonchev–Trinajstić information content (AvgIpc) is 3.17. The molecule has 0 unspecified atom stereocenters. The lowest BCUT2D eigenvalue weighted by atomic mass is 9.95. The fourth-order valence-corrected chi connectivity index (χ4v) is 6.95. The molecule has 0 spiro atoms. The van der Waals surface area contributed by atoms with Crippen LogP contribution in [0.3, 0.4) is 0 Å². The van der Waals surface area contributed by atoms with Crippen molar-refractivity contribution in [3.8, 4) is 0 Å². The lowest BCUT2D eigenvalue weighted by Gasteiger charge is -2.50. The lowest BCUT2D eigenvalue weighted by Crippen LogP contribution is -2.69. The second-order valence-electron chi connectivity index (χ2n) is 14.5. The first-order chi connectivity index (χ1) is 30.4. The summed E-state index contributed by atoms with van der Waals surface area (Å²) in [7, 11) is 1.17. The summed E-state index contributed by atoms with van der Waals surface area (Å²) in [4.78, 5) is 124. The quantitative estimate of drug-likeness (QED) is 0.115. The summed E-state index contributed by atoms with van der Waals surface area (Å²) in [5.41, 5.74) is 0. The number of carbonyl (C=O) groups excluding carboxylic acids is 10. The SMILES string of the molecule is CO[C@@H]1O[C@H](COC(C)=O)[C@@H](O[C@@H]2O[C@H](COC(C)=O)[C@@H](O[C@@H]3O[C@H](COC(C)=O)[C@@H](OC(C)=O)[C@H](OC(C)=O)[C@H]3OC(C)=O)[C@H](OC(C)=O)[C@H]2OC(C)=O)[C@H](OC(C)=O)[C@H]1OC(C)=O. The first-order valence-corrected chi connectivity index (χ1v) is 19.8. The summed E-state index contributed by atoms with van der Waals surface area (Å²) in [5.74, 6) is -9.32. The third kappa shape index (κ3) is 16.1. The summed E-state index contributed by atoms with van der Waals surface area (Å²) < 4.78 is 90.8. The topological polar surface area (TPSA) is 318 Å². The zero-order chi connectivity index (χ0) is 48.9. The fraction of sp³-hybridized carbons (Fsp3) is 0.744.